The number of rotatable bonds is 4. The number of ether oxygens (including phenoxy) is 2. The molecule has 0 amide bonds. The second kappa shape index (κ2) is 5.42. The Morgan fingerprint density at radius 1 is 1.22 bits per heavy atom. The van der Waals surface area contributed by atoms with Crippen molar-refractivity contribution in [2.75, 3.05) is 14.2 Å². The van der Waals surface area contributed by atoms with E-state index in [9.17, 15) is 4.79 Å². The van der Waals surface area contributed by atoms with Gasteiger partial charge in [0.1, 0.15) is 0 Å². The molecular formula is C13H11ClO3S. The lowest BCUT2D eigenvalue weighted by atomic mass is 10.1. The fourth-order valence-corrected chi connectivity index (χ4v) is 2.53. The Balaban J connectivity index is 2.47. The van der Waals surface area contributed by atoms with Crippen molar-refractivity contribution in [1.82, 2.24) is 0 Å². The largest absolute Gasteiger partial charge is 0.493 e. The number of thiophene rings is 1. The molecule has 2 aromatic rings. The maximum Gasteiger partial charge on any atom is 0.194 e. The summed E-state index contributed by atoms with van der Waals surface area (Å²) in [6.45, 7) is 0. The average Bonchev–Trinajstić information content (AvgIpc) is 2.90. The van der Waals surface area contributed by atoms with Crippen LogP contribution in [0.4, 0.5) is 0 Å². The van der Waals surface area contributed by atoms with Crippen molar-refractivity contribution in [1.29, 1.82) is 0 Å². The van der Waals surface area contributed by atoms with Gasteiger partial charge in [0.2, 0.25) is 0 Å². The topological polar surface area (TPSA) is 35.5 Å². The first-order valence-electron chi connectivity index (χ1n) is 5.15. The summed E-state index contributed by atoms with van der Waals surface area (Å²) in [7, 11) is 3.01. The maximum atomic E-state index is 12.2. The third-order valence-corrected chi connectivity index (χ3v) is 3.44. The van der Waals surface area contributed by atoms with E-state index in [2.05, 4.69) is 0 Å². The van der Waals surface area contributed by atoms with E-state index in [0.29, 0.717) is 27.6 Å². The summed E-state index contributed by atoms with van der Waals surface area (Å²) in [5.74, 6) is 0.795. The first-order valence-corrected chi connectivity index (χ1v) is 6.48. The maximum absolute atomic E-state index is 12.2. The van der Waals surface area contributed by atoms with Crippen molar-refractivity contribution < 1.29 is 14.3 Å². The minimum Gasteiger partial charge on any atom is -0.493 e. The highest BCUT2D eigenvalue weighted by Gasteiger charge is 2.16. The zero-order valence-corrected chi connectivity index (χ0v) is 11.5. The van der Waals surface area contributed by atoms with Crippen LogP contribution in [0.2, 0.25) is 5.02 Å². The lowest BCUT2D eigenvalue weighted by Crippen LogP contribution is -2.01. The van der Waals surface area contributed by atoms with Gasteiger partial charge in [-0.05, 0) is 23.6 Å². The van der Waals surface area contributed by atoms with Crippen LogP contribution < -0.4 is 9.47 Å². The molecule has 94 valence electrons. The predicted molar refractivity (Wildman–Crippen MR) is 72.3 cm³/mol. The Morgan fingerprint density at radius 3 is 2.56 bits per heavy atom. The van der Waals surface area contributed by atoms with Gasteiger partial charge in [-0.2, -0.15) is 11.3 Å². The van der Waals surface area contributed by atoms with Crippen molar-refractivity contribution in [3.63, 3.8) is 0 Å². The zero-order valence-electron chi connectivity index (χ0n) is 9.90. The fourth-order valence-electron chi connectivity index (χ4n) is 1.61. The molecule has 0 unspecified atom stereocenters. The zero-order chi connectivity index (χ0) is 13.1. The van der Waals surface area contributed by atoms with E-state index >= 15 is 0 Å². The highest BCUT2D eigenvalue weighted by Crippen LogP contribution is 2.36. The molecule has 1 aromatic heterocycles. The molecule has 0 bridgehead atoms. The molecule has 5 heteroatoms. The van der Waals surface area contributed by atoms with Crippen molar-refractivity contribution in [3.8, 4) is 11.5 Å². The third-order valence-electron chi connectivity index (χ3n) is 2.48. The van der Waals surface area contributed by atoms with E-state index in [-0.39, 0.29) is 5.78 Å². The average molecular weight is 283 g/mol. The highest BCUT2D eigenvalue weighted by molar-refractivity contribution is 7.08. The smallest absolute Gasteiger partial charge is 0.194 e. The number of hydrogen-bond donors (Lipinski definition) is 0. The SMILES string of the molecule is COc1cc(C(=O)c2ccsc2)cc(Cl)c1OC. The van der Waals surface area contributed by atoms with E-state index in [0.717, 1.165) is 0 Å². The highest BCUT2D eigenvalue weighted by atomic mass is 35.5. The van der Waals surface area contributed by atoms with Gasteiger partial charge < -0.3 is 9.47 Å². The van der Waals surface area contributed by atoms with Gasteiger partial charge in [0.25, 0.3) is 0 Å². The van der Waals surface area contributed by atoms with Gasteiger partial charge in [0.15, 0.2) is 17.3 Å². The monoisotopic (exact) mass is 282 g/mol. The van der Waals surface area contributed by atoms with Crippen molar-refractivity contribution in [3.05, 3.63) is 45.1 Å². The molecular weight excluding hydrogens is 272 g/mol. The molecule has 0 atom stereocenters. The molecule has 18 heavy (non-hydrogen) atoms. The van der Waals surface area contributed by atoms with Gasteiger partial charge in [-0.1, -0.05) is 11.6 Å². The van der Waals surface area contributed by atoms with Crippen LogP contribution in [-0.2, 0) is 0 Å². The quantitative estimate of drug-likeness (QED) is 0.803. The van der Waals surface area contributed by atoms with Gasteiger partial charge in [0, 0.05) is 16.5 Å². The molecule has 0 aliphatic carbocycles. The number of ketones is 1. The Labute approximate surface area is 114 Å². The van der Waals surface area contributed by atoms with Crippen molar-refractivity contribution in [2.45, 2.75) is 0 Å². The van der Waals surface area contributed by atoms with Gasteiger partial charge in [-0.15, -0.1) is 0 Å². The molecule has 0 fully saturated rings. The van der Waals surface area contributed by atoms with Crippen LogP contribution in [0.15, 0.2) is 29.0 Å². The number of benzene rings is 1. The van der Waals surface area contributed by atoms with Crippen LogP contribution in [0.1, 0.15) is 15.9 Å². The van der Waals surface area contributed by atoms with Crippen LogP contribution in [0, 0.1) is 0 Å². The summed E-state index contributed by atoms with van der Waals surface area (Å²) in [6.07, 6.45) is 0. The fraction of sp³-hybridized carbons (Fsp3) is 0.154. The summed E-state index contributed by atoms with van der Waals surface area (Å²) >= 11 is 7.54. The van der Waals surface area contributed by atoms with E-state index in [4.69, 9.17) is 21.1 Å². The van der Waals surface area contributed by atoms with Gasteiger partial charge in [-0.3, -0.25) is 4.79 Å². The lowest BCUT2D eigenvalue weighted by Gasteiger charge is -2.10. The molecule has 0 aliphatic rings. The second-order valence-electron chi connectivity index (χ2n) is 3.53. The third kappa shape index (κ3) is 2.35. The standard InChI is InChI=1S/C13H11ClO3S/c1-16-11-6-9(5-10(14)13(11)17-2)12(15)8-3-4-18-7-8/h3-7H,1-2H3. The lowest BCUT2D eigenvalue weighted by molar-refractivity contribution is 0.103. The van der Waals surface area contributed by atoms with E-state index in [1.165, 1.54) is 25.6 Å². The van der Waals surface area contributed by atoms with Crippen LogP contribution in [0.3, 0.4) is 0 Å². The molecule has 1 aromatic carbocycles. The Kier molecular flexibility index (Phi) is 3.89. The summed E-state index contributed by atoms with van der Waals surface area (Å²) < 4.78 is 10.3. The van der Waals surface area contributed by atoms with Gasteiger partial charge >= 0.3 is 0 Å². The summed E-state index contributed by atoms with van der Waals surface area (Å²) in [4.78, 5) is 12.2. The molecule has 0 saturated heterocycles. The predicted octanol–water partition coefficient (Wildman–Crippen LogP) is 3.65. The first kappa shape index (κ1) is 12.9. The number of carbonyl (C=O) groups is 1. The molecule has 2 rings (SSSR count). The van der Waals surface area contributed by atoms with E-state index in [1.54, 1.807) is 23.6 Å². The van der Waals surface area contributed by atoms with Gasteiger partial charge in [-0.25, -0.2) is 0 Å². The Hall–Kier alpha value is -1.52. The molecule has 0 N–H and O–H groups in total. The van der Waals surface area contributed by atoms with E-state index < -0.39 is 0 Å². The number of hydrogen-bond acceptors (Lipinski definition) is 4. The number of halogens is 1. The minimum absolute atomic E-state index is 0.0842. The Morgan fingerprint density at radius 2 is 2.00 bits per heavy atom. The number of methoxy groups -OCH3 is 2. The Bertz CT molecular complexity index is 564. The number of carbonyl (C=O) groups excluding carboxylic acids is 1. The molecule has 0 saturated carbocycles. The van der Waals surface area contributed by atoms with Crippen LogP contribution in [-0.4, -0.2) is 20.0 Å². The van der Waals surface area contributed by atoms with Crippen LogP contribution in [0.25, 0.3) is 0 Å². The molecule has 0 radical (unpaired) electrons. The summed E-state index contributed by atoms with van der Waals surface area (Å²) in [5.41, 5.74) is 1.12. The summed E-state index contributed by atoms with van der Waals surface area (Å²) in [6, 6.07) is 4.99. The van der Waals surface area contributed by atoms with Crippen molar-refractivity contribution in [2.24, 2.45) is 0 Å². The molecule has 0 spiro atoms. The van der Waals surface area contributed by atoms with Crippen molar-refractivity contribution >= 4 is 28.7 Å². The summed E-state index contributed by atoms with van der Waals surface area (Å²) in [5, 5.41) is 4.01. The minimum atomic E-state index is -0.0842. The normalized spacial score (nSPS) is 10.2. The molecule has 1 heterocycles. The second-order valence-corrected chi connectivity index (χ2v) is 4.72. The molecule has 0 aliphatic heterocycles. The van der Waals surface area contributed by atoms with Gasteiger partial charge in [0.05, 0.1) is 19.2 Å². The van der Waals surface area contributed by atoms with E-state index in [1.807, 2.05) is 5.38 Å². The first-order chi connectivity index (χ1) is 8.67. The molecule has 3 nitrogen and oxygen atoms in total. The van der Waals surface area contributed by atoms with Crippen LogP contribution >= 0.6 is 22.9 Å². The van der Waals surface area contributed by atoms with Crippen LogP contribution in [0.5, 0.6) is 11.5 Å².